The maximum Gasteiger partial charge on any atom is 0.232 e. The van der Waals surface area contributed by atoms with Gasteiger partial charge < -0.3 is 11.1 Å². The monoisotopic (exact) mass is 232 g/mol. The average Bonchev–Trinajstić information content (AvgIpc) is 2.53. The summed E-state index contributed by atoms with van der Waals surface area (Å²) in [5, 5.41) is 3.01. The smallest absolute Gasteiger partial charge is 0.232 e. The Kier molecular flexibility index (Phi) is 3.20. The summed E-state index contributed by atoms with van der Waals surface area (Å²) in [5.41, 5.74) is 10.4. The molecule has 92 valence electrons. The molecule has 2 rings (SSSR count). The molecule has 3 heteroatoms. The molecular formula is C14H20N2O. The van der Waals surface area contributed by atoms with Gasteiger partial charge >= 0.3 is 0 Å². The standard InChI is InChI=1S/C14H20N2O/c1-4-11-12-6-8(2)5-10(7-9(3)15)13(12)16-14(11)17/h5-6,9,11H,4,7,15H2,1-3H3,(H,16,17). The zero-order valence-electron chi connectivity index (χ0n) is 10.7. The second-order valence-corrected chi connectivity index (χ2v) is 5.02. The Hall–Kier alpha value is -1.35. The fourth-order valence-electron chi connectivity index (χ4n) is 2.58. The van der Waals surface area contributed by atoms with Gasteiger partial charge in [0.25, 0.3) is 0 Å². The van der Waals surface area contributed by atoms with Crippen LogP contribution in [0.3, 0.4) is 0 Å². The van der Waals surface area contributed by atoms with Crippen LogP contribution in [0.4, 0.5) is 5.69 Å². The predicted octanol–water partition coefficient (Wildman–Crippen LogP) is 2.33. The average molecular weight is 232 g/mol. The molecule has 0 spiro atoms. The molecule has 3 nitrogen and oxygen atoms in total. The number of benzene rings is 1. The van der Waals surface area contributed by atoms with Crippen molar-refractivity contribution in [1.29, 1.82) is 0 Å². The molecule has 1 aliphatic rings. The number of rotatable bonds is 3. The molecule has 0 radical (unpaired) electrons. The first kappa shape index (κ1) is 12.1. The van der Waals surface area contributed by atoms with Crippen LogP contribution in [-0.4, -0.2) is 11.9 Å². The Morgan fingerprint density at radius 1 is 1.47 bits per heavy atom. The zero-order chi connectivity index (χ0) is 12.6. The maximum atomic E-state index is 11.9. The van der Waals surface area contributed by atoms with Crippen LogP contribution in [0, 0.1) is 6.92 Å². The van der Waals surface area contributed by atoms with Crippen molar-refractivity contribution >= 4 is 11.6 Å². The molecule has 17 heavy (non-hydrogen) atoms. The highest BCUT2D eigenvalue weighted by atomic mass is 16.2. The first-order valence-electron chi connectivity index (χ1n) is 6.22. The molecule has 1 amide bonds. The molecule has 1 aromatic rings. The van der Waals surface area contributed by atoms with Crippen molar-refractivity contribution in [2.24, 2.45) is 5.73 Å². The van der Waals surface area contributed by atoms with Crippen molar-refractivity contribution in [2.45, 2.75) is 45.6 Å². The number of fused-ring (bicyclic) bond motifs is 1. The Morgan fingerprint density at radius 2 is 2.18 bits per heavy atom. The van der Waals surface area contributed by atoms with Crippen LogP contribution < -0.4 is 11.1 Å². The van der Waals surface area contributed by atoms with Crippen molar-refractivity contribution in [3.63, 3.8) is 0 Å². The molecule has 0 bridgehead atoms. The minimum absolute atomic E-state index is 0.0109. The summed E-state index contributed by atoms with van der Waals surface area (Å²) in [6.07, 6.45) is 1.65. The van der Waals surface area contributed by atoms with Crippen LogP contribution in [0.25, 0.3) is 0 Å². The topological polar surface area (TPSA) is 55.1 Å². The number of anilines is 1. The predicted molar refractivity (Wildman–Crippen MR) is 70.2 cm³/mol. The van der Waals surface area contributed by atoms with Crippen molar-refractivity contribution in [2.75, 3.05) is 5.32 Å². The molecule has 1 aromatic carbocycles. The van der Waals surface area contributed by atoms with Gasteiger partial charge in [-0.25, -0.2) is 0 Å². The third-order valence-corrected chi connectivity index (χ3v) is 3.29. The summed E-state index contributed by atoms with van der Waals surface area (Å²) in [5.74, 6) is 0.135. The van der Waals surface area contributed by atoms with E-state index in [0.717, 1.165) is 24.1 Å². The first-order valence-corrected chi connectivity index (χ1v) is 6.22. The zero-order valence-corrected chi connectivity index (χ0v) is 10.7. The van der Waals surface area contributed by atoms with E-state index in [1.54, 1.807) is 0 Å². The molecule has 0 saturated heterocycles. The van der Waals surface area contributed by atoms with Crippen molar-refractivity contribution in [3.05, 3.63) is 28.8 Å². The van der Waals surface area contributed by atoms with E-state index in [2.05, 4.69) is 24.4 Å². The lowest BCUT2D eigenvalue weighted by atomic mass is 9.93. The number of carbonyl (C=O) groups excluding carboxylic acids is 1. The van der Waals surface area contributed by atoms with E-state index in [1.807, 2.05) is 13.8 Å². The third kappa shape index (κ3) is 2.20. The van der Waals surface area contributed by atoms with Gasteiger partial charge in [0.05, 0.1) is 5.92 Å². The largest absolute Gasteiger partial charge is 0.328 e. The van der Waals surface area contributed by atoms with E-state index < -0.39 is 0 Å². The lowest BCUT2D eigenvalue weighted by Gasteiger charge is -2.12. The lowest BCUT2D eigenvalue weighted by molar-refractivity contribution is -0.117. The van der Waals surface area contributed by atoms with Crippen molar-refractivity contribution < 1.29 is 4.79 Å². The molecule has 0 saturated carbocycles. The van der Waals surface area contributed by atoms with E-state index in [0.29, 0.717) is 0 Å². The summed E-state index contributed by atoms with van der Waals surface area (Å²) in [6, 6.07) is 4.35. The van der Waals surface area contributed by atoms with Gasteiger partial charge in [0.15, 0.2) is 0 Å². The molecule has 2 atom stereocenters. The molecule has 0 aliphatic carbocycles. The van der Waals surface area contributed by atoms with E-state index in [9.17, 15) is 4.79 Å². The first-order chi connectivity index (χ1) is 8.02. The van der Waals surface area contributed by atoms with E-state index in [4.69, 9.17) is 5.73 Å². The number of carbonyl (C=O) groups is 1. The van der Waals surface area contributed by atoms with Crippen LogP contribution >= 0.6 is 0 Å². The molecule has 1 aliphatic heterocycles. The Morgan fingerprint density at radius 3 is 2.76 bits per heavy atom. The normalized spacial score (nSPS) is 20.0. The number of aryl methyl sites for hydroxylation is 1. The minimum atomic E-state index is 0.0109. The summed E-state index contributed by atoms with van der Waals surface area (Å²) in [6.45, 7) is 6.11. The van der Waals surface area contributed by atoms with Crippen LogP contribution in [0.15, 0.2) is 12.1 Å². The van der Waals surface area contributed by atoms with Crippen molar-refractivity contribution in [1.82, 2.24) is 0 Å². The number of hydrogen-bond donors (Lipinski definition) is 2. The van der Waals surface area contributed by atoms with Crippen molar-refractivity contribution in [3.8, 4) is 0 Å². The van der Waals surface area contributed by atoms with Gasteiger partial charge in [0.1, 0.15) is 0 Å². The lowest BCUT2D eigenvalue weighted by Crippen LogP contribution is -2.18. The Balaban J connectivity index is 2.48. The number of hydrogen-bond acceptors (Lipinski definition) is 2. The third-order valence-electron chi connectivity index (χ3n) is 3.29. The van der Waals surface area contributed by atoms with Crippen LogP contribution in [0.2, 0.25) is 0 Å². The second kappa shape index (κ2) is 4.49. The second-order valence-electron chi connectivity index (χ2n) is 5.02. The summed E-state index contributed by atoms with van der Waals surface area (Å²) in [4.78, 5) is 11.9. The Labute approximate surface area is 102 Å². The molecule has 1 heterocycles. The molecule has 0 aromatic heterocycles. The maximum absolute atomic E-state index is 11.9. The summed E-state index contributed by atoms with van der Waals surface area (Å²) in [7, 11) is 0. The minimum Gasteiger partial charge on any atom is -0.328 e. The molecular weight excluding hydrogens is 212 g/mol. The highest BCUT2D eigenvalue weighted by molar-refractivity contribution is 6.03. The van der Waals surface area contributed by atoms with Gasteiger partial charge in [-0.3, -0.25) is 4.79 Å². The summed E-state index contributed by atoms with van der Waals surface area (Å²) >= 11 is 0. The van der Waals surface area contributed by atoms with Crippen LogP contribution in [0.5, 0.6) is 0 Å². The number of amides is 1. The van der Waals surface area contributed by atoms with Crippen LogP contribution in [-0.2, 0) is 11.2 Å². The SMILES string of the molecule is CCC1C(=O)Nc2c(CC(C)N)cc(C)cc21. The van der Waals surface area contributed by atoms with E-state index >= 15 is 0 Å². The highest BCUT2D eigenvalue weighted by Gasteiger charge is 2.30. The van der Waals surface area contributed by atoms with Crippen LogP contribution in [0.1, 0.15) is 42.9 Å². The van der Waals surface area contributed by atoms with Gasteiger partial charge in [-0.1, -0.05) is 24.6 Å². The number of nitrogens with two attached hydrogens (primary N) is 1. The number of nitrogens with one attached hydrogen (secondary N) is 1. The van der Waals surface area contributed by atoms with Gasteiger partial charge in [-0.2, -0.15) is 0 Å². The fourth-order valence-corrected chi connectivity index (χ4v) is 2.58. The highest BCUT2D eigenvalue weighted by Crippen LogP contribution is 2.38. The van der Waals surface area contributed by atoms with E-state index in [1.165, 1.54) is 11.1 Å². The Bertz CT molecular complexity index is 452. The summed E-state index contributed by atoms with van der Waals surface area (Å²) < 4.78 is 0. The molecule has 3 N–H and O–H groups in total. The van der Waals surface area contributed by atoms with E-state index in [-0.39, 0.29) is 17.9 Å². The van der Waals surface area contributed by atoms with Gasteiger partial charge in [-0.05, 0) is 37.8 Å². The molecule has 2 unspecified atom stereocenters. The fraction of sp³-hybridized carbons (Fsp3) is 0.500. The molecule has 0 fully saturated rings. The van der Waals surface area contributed by atoms with Gasteiger partial charge in [-0.15, -0.1) is 0 Å². The quantitative estimate of drug-likeness (QED) is 0.840. The van der Waals surface area contributed by atoms with Gasteiger partial charge in [0.2, 0.25) is 5.91 Å². The van der Waals surface area contributed by atoms with Gasteiger partial charge in [0, 0.05) is 11.7 Å².